The zero-order chi connectivity index (χ0) is 24.0. The van der Waals surface area contributed by atoms with Gasteiger partial charge in [0, 0.05) is 16.3 Å². The number of nitrogens with one attached hydrogen (secondary N) is 2. The van der Waals surface area contributed by atoms with Gasteiger partial charge in [0.2, 0.25) is 10.0 Å². The molecule has 0 spiro atoms. The fourth-order valence-corrected chi connectivity index (χ4v) is 3.34. The predicted octanol–water partition coefficient (Wildman–Crippen LogP) is 3.04. The van der Waals surface area contributed by atoms with Crippen LogP contribution in [0.2, 0.25) is 5.02 Å². The molecule has 0 fully saturated rings. The molecule has 2 amide bonds. The summed E-state index contributed by atoms with van der Waals surface area (Å²) in [5.41, 5.74) is 0.904. The molecule has 0 heterocycles. The van der Waals surface area contributed by atoms with Crippen LogP contribution in [0.15, 0.2) is 77.7 Å². The van der Waals surface area contributed by atoms with Crippen molar-refractivity contribution >= 4 is 50.8 Å². The van der Waals surface area contributed by atoms with E-state index in [9.17, 15) is 22.8 Å². The van der Waals surface area contributed by atoms with Crippen molar-refractivity contribution in [2.75, 3.05) is 17.2 Å². The lowest BCUT2D eigenvalue weighted by Gasteiger charge is -2.11. The number of amides is 2. The zero-order valence-electron chi connectivity index (χ0n) is 16.9. The molecule has 0 radical (unpaired) electrons. The Morgan fingerprint density at radius 3 is 2.15 bits per heavy atom. The Kier molecular flexibility index (Phi) is 7.44. The van der Waals surface area contributed by atoms with Gasteiger partial charge in [-0.2, -0.15) is 0 Å². The van der Waals surface area contributed by atoms with Crippen molar-refractivity contribution in [1.29, 1.82) is 0 Å². The summed E-state index contributed by atoms with van der Waals surface area (Å²) in [6.07, 6.45) is 0. The second-order valence-electron chi connectivity index (χ2n) is 6.70. The van der Waals surface area contributed by atoms with Gasteiger partial charge in [0.05, 0.1) is 16.1 Å². The molecule has 0 aliphatic rings. The maximum atomic E-state index is 12.5. The molecule has 3 rings (SSSR count). The van der Waals surface area contributed by atoms with E-state index in [4.69, 9.17) is 21.5 Å². The Balaban J connectivity index is 1.61. The smallest absolute Gasteiger partial charge is 0.340 e. The van der Waals surface area contributed by atoms with E-state index in [0.717, 1.165) is 0 Å². The van der Waals surface area contributed by atoms with Gasteiger partial charge in [-0.05, 0) is 60.7 Å². The Morgan fingerprint density at radius 1 is 0.879 bits per heavy atom. The van der Waals surface area contributed by atoms with Crippen molar-refractivity contribution in [3.05, 3.63) is 88.9 Å². The minimum Gasteiger partial charge on any atom is -0.452 e. The van der Waals surface area contributed by atoms with Crippen LogP contribution in [-0.2, 0) is 19.6 Å². The van der Waals surface area contributed by atoms with E-state index in [-0.39, 0.29) is 16.1 Å². The molecule has 33 heavy (non-hydrogen) atoms. The third kappa shape index (κ3) is 6.62. The number of ether oxygens (including phenoxy) is 1. The quantitative estimate of drug-likeness (QED) is 0.437. The summed E-state index contributed by atoms with van der Waals surface area (Å²) < 4.78 is 27.6. The van der Waals surface area contributed by atoms with E-state index in [2.05, 4.69) is 10.6 Å². The number of anilines is 2. The Morgan fingerprint density at radius 2 is 1.52 bits per heavy atom. The van der Waals surface area contributed by atoms with Gasteiger partial charge in [0.25, 0.3) is 11.8 Å². The van der Waals surface area contributed by atoms with Crippen LogP contribution in [0.3, 0.4) is 0 Å². The first-order chi connectivity index (χ1) is 15.6. The molecule has 0 aliphatic carbocycles. The van der Waals surface area contributed by atoms with Crippen molar-refractivity contribution < 1.29 is 27.5 Å². The molecule has 9 nitrogen and oxygen atoms in total. The number of halogens is 1. The van der Waals surface area contributed by atoms with Gasteiger partial charge in [0.15, 0.2) is 6.61 Å². The lowest BCUT2D eigenvalue weighted by Crippen LogP contribution is -2.22. The highest BCUT2D eigenvalue weighted by atomic mass is 35.5. The van der Waals surface area contributed by atoms with Crippen molar-refractivity contribution in [2.24, 2.45) is 5.14 Å². The number of rotatable bonds is 7. The van der Waals surface area contributed by atoms with Crippen LogP contribution in [0.25, 0.3) is 0 Å². The van der Waals surface area contributed by atoms with E-state index >= 15 is 0 Å². The second kappa shape index (κ2) is 10.3. The number of nitrogens with two attached hydrogens (primary N) is 1. The van der Waals surface area contributed by atoms with Gasteiger partial charge in [0.1, 0.15) is 0 Å². The van der Waals surface area contributed by atoms with Crippen molar-refractivity contribution in [2.45, 2.75) is 4.90 Å². The molecule has 0 aromatic heterocycles. The van der Waals surface area contributed by atoms with Crippen LogP contribution < -0.4 is 15.8 Å². The first-order valence-electron chi connectivity index (χ1n) is 9.39. The number of carbonyl (C=O) groups excluding carboxylic acids is 3. The lowest BCUT2D eigenvalue weighted by atomic mass is 10.1. The van der Waals surface area contributed by atoms with Gasteiger partial charge in [-0.3, -0.25) is 9.59 Å². The van der Waals surface area contributed by atoms with Crippen LogP contribution in [0.4, 0.5) is 11.4 Å². The lowest BCUT2D eigenvalue weighted by molar-refractivity contribution is -0.119. The molecular weight excluding hydrogens is 470 g/mol. The highest BCUT2D eigenvalue weighted by molar-refractivity contribution is 7.89. The minimum atomic E-state index is -3.85. The van der Waals surface area contributed by atoms with E-state index in [1.165, 1.54) is 36.4 Å². The fourth-order valence-electron chi connectivity index (χ4n) is 2.70. The minimum absolute atomic E-state index is 0.0603. The standard InChI is InChI=1S/C22H18ClN3O6S/c23-15-7-5-14(6-8-15)21(28)26-19-4-2-1-3-18(19)22(29)32-13-20(27)25-16-9-11-17(12-10-16)33(24,30)31/h1-12H,13H2,(H,25,27)(H,26,28)(H2,24,30,31). The van der Waals surface area contributed by atoms with Crippen LogP contribution in [0.1, 0.15) is 20.7 Å². The summed E-state index contributed by atoms with van der Waals surface area (Å²) in [4.78, 5) is 36.9. The molecule has 0 saturated heterocycles. The number of benzene rings is 3. The predicted molar refractivity (Wildman–Crippen MR) is 123 cm³/mol. The molecule has 0 bridgehead atoms. The topological polar surface area (TPSA) is 145 Å². The number of sulfonamides is 1. The number of hydrogen-bond acceptors (Lipinski definition) is 6. The second-order valence-corrected chi connectivity index (χ2v) is 8.70. The molecule has 0 aliphatic heterocycles. The van der Waals surface area contributed by atoms with Gasteiger partial charge in [-0.15, -0.1) is 0 Å². The molecule has 11 heteroatoms. The normalized spacial score (nSPS) is 10.8. The SMILES string of the molecule is NS(=O)(=O)c1ccc(NC(=O)COC(=O)c2ccccc2NC(=O)c2ccc(Cl)cc2)cc1. The summed E-state index contributed by atoms with van der Waals surface area (Å²) in [6.45, 7) is -0.602. The number of para-hydroxylation sites is 1. The highest BCUT2D eigenvalue weighted by Crippen LogP contribution is 2.19. The molecule has 0 saturated carbocycles. The van der Waals surface area contributed by atoms with Crippen LogP contribution in [0.5, 0.6) is 0 Å². The molecule has 3 aromatic rings. The fraction of sp³-hybridized carbons (Fsp3) is 0.0455. The van der Waals surface area contributed by atoms with Gasteiger partial charge in [-0.1, -0.05) is 23.7 Å². The maximum Gasteiger partial charge on any atom is 0.340 e. The largest absolute Gasteiger partial charge is 0.452 e. The van der Waals surface area contributed by atoms with E-state index in [0.29, 0.717) is 16.3 Å². The number of hydrogen-bond donors (Lipinski definition) is 3. The van der Waals surface area contributed by atoms with Crippen LogP contribution in [-0.4, -0.2) is 32.8 Å². The van der Waals surface area contributed by atoms with Crippen molar-refractivity contribution in [3.63, 3.8) is 0 Å². The Hall–Kier alpha value is -3.73. The highest BCUT2D eigenvalue weighted by Gasteiger charge is 2.17. The molecular formula is C22H18ClN3O6S. The zero-order valence-corrected chi connectivity index (χ0v) is 18.5. The summed E-state index contributed by atoms with van der Waals surface area (Å²) in [6, 6.07) is 17.6. The average molecular weight is 488 g/mol. The third-order valence-electron chi connectivity index (χ3n) is 4.30. The molecule has 170 valence electrons. The summed E-state index contributed by atoms with van der Waals surface area (Å²) in [5, 5.41) is 10.6. The third-order valence-corrected chi connectivity index (χ3v) is 5.48. The summed E-state index contributed by atoms with van der Waals surface area (Å²) >= 11 is 5.82. The molecule has 4 N–H and O–H groups in total. The van der Waals surface area contributed by atoms with Gasteiger partial charge >= 0.3 is 5.97 Å². The summed E-state index contributed by atoms with van der Waals surface area (Å²) in [5.74, 6) is -1.91. The average Bonchev–Trinajstić information content (AvgIpc) is 2.78. The molecule has 0 atom stereocenters. The van der Waals surface area contributed by atoms with Crippen LogP contribution >= 0.6 is 11.6 Å². The first-order valence-corrected chi connectivity index (χ1v) is 11.3. The first kappa shape index (κ1) is 23.9. The van der Waals surface area contributed by atoms with Gasteiger partial charge < -0.3 is 15.4 Å². The van der Waals surface area contributed by atoms with E-state index < -0.39 is 34.4 Å². The Bertz CT molecular complexity index is 1290. The van der Waals surface area contributed by atoms with Crippen LogP contribution in [0, 0.1) is 0 Å². The van der Waals surface area contributed by atoms with E-state index in [1.54, 1.807) is 36.4 Å². The molecule has 0 unspecified atom stereocenters. The van der Waals surface area contributed by atoms with Crippen molar-refractivity contribution in [1.82, 2.24) is 0 Å². The van der Waals surface area contributed by atoms with E-state index in [1.807, 2.05) is 0 Å². The number of carbonyl (C=O) groups is 3. The van der Waals surface area contributed by atoms with Gasteiger partial charge in [-0.25, -0.2) is 18.4 Å². The monoisotopic (exact) mass is 487 g/mol. The van der Waals surface area contributed by atoms with Crippen molar-refractivity contribution in [3.8, 4) is 0 Å². The summed E-state index contributed by atoms with van der Waals surface area (Å²) in [7, 11) is -3.85. The number of primary sulfonamides is 1. The Labute approximate surface area is 194 Å². The number of esters is 1. The maximum absolute atomic E-state index is 12.5. The molecule has 3 aromatic carbocycles.